The number of aliphatic hydroxyl groups is 1. The molecule has 0 saturated heterocycles. The van der Waals surface area contributed by atoms with Crippen LogP contribution in [0.5, 0.6) is 0 Å². The average molecular weight is 139 g/mol. The van der Waals surface area contributed by atoms with Crippen LogP contribution in [0, 0.1) is 0 Å². The maximum Gasteiger partial charge on any atom is 0.140 e. The maximum absolute atomic E-state index is 9.20. The quantitative estimate of drug-likeness (QED) is 0.570. The van der Waals surface area contributed by atoms with Gasteiger partial charge in [-0.2, -0.15) is 0 Å². The third kappa shape index (κ3) is 0.827. The normalized spacial score (nSPS) is 24.3. The molecule has 0 spiro atoms. The predicted octanol–water partition coefficient (Wildman–Crippen LogP) is 0.524. The Kier molecular flexibility index (Phi) is 1.24. The first kappa shape index (κ1) is 5.92. The zero-order valence-corrected chi connectivity index (χ0v) is 5.58. The van der Waals surface area contributed by atoms with E-state index >= 15 is 0 Å². The fourth-order valence-corrected chi connectivity index (χ4v) is 1.31. The largest absolute Gasteiger partial charge is 0.393 e. The van der Waals surface area contributed by atoms with Crippen LogP contribution in [-0.2, 0) is 12.8 Å². The summed E-state index contributed by atoms with van der Waals surface area (Å²) in [6.07, 6.45) is 3.85. The molecule has 1 aromatic rings. The van der Waals surface area contributed by atoms with Gasteiger partial charge in [0.15, 0.2) is 0 Å². The second-order valence-corrected chi connectivity index (χ2v) is 2.67. The van der Waals surface area contributed by atoms with Crippen molar-refractivity contribution in [2.45, 2.75) is 25.4 Å². The molecule has 0 amide bonds. The number of fused-ring (bicyclic) bond motifs is 1. The van der Waals surface area contributed by atoms with Gasteiger partial charge >= 0.3 is 0 Å². The Morgan fingerprint density at radius 2 is 2.60 bits per heavy atom. The minimum absolute atomic E-state index is 0.188. The second-order valence-electron chi connectivity index (χ2n) is 2.67. The van der Waals surface area contributed by atoms with Crippen molar-refractivity contribution in [3.8, 4) is 0 Å². The van der Waals surface area contributed by atoms with Gasteiger partial charge in [0.25, 0.3) is 0 Å². The van der Waals surface area contributed by atoms with Crippen molar-refractivity contribution in [3.05, 3.63) is 17.5 Å². The summed E-state index contributed by atoms with van der Waals surface area (Å²) in [6, 6.07) is 0. The zero-order valence-electron chi connectivity index (χ0n) is 5.58. The molecule has 0 aromatic carbocycles. The van der Waals surface area contributed by atoms with E-state index in [-0.39, 0.29) is 6.10 Å². The lowest BCUT2D eigenvalue weighted by Crippen LogP contribution is -2.16. The summed E-state index contributed by atoms with van der Waals surface area (Å²) in [6.45, 7) is 0. The van der Waals surface area contributed by atoms with E-state index in [4.69, 9.17) is 4.52 Å². The predicted molar refractivity (Wildman–Crippen MR) is 34.5 cm³/mol. The number of rotatable bonds is 0. The van der Waals surface area contributed by atoms with Crippen molar-refractivity contribution in [1.29, 1.82) is 0 Å². The topological polar surface area (TPSA) is 46.3 Å². The lowest BCUT2D eigenvalue weighted by Gasteiger charge is -2.13. The van der Waals surface area contributed by atoms with Crippen molar-refractivity contribution < 1.29 is 9.63 Å². The summed E-state index contributed by atoms with van der Waals surface area (Å²) in [5.41, 5.74) is 1.07. The number of hydrogen-bond acceptors (Lipinski definition) is 3. The van der Waals surface area contributed by atoms with Gasteiger partial charge in [0.2, 0.25) is 0 Å². The van der Waals surface area contributed by atoms with E-state index in [0.717, 1.165) is 24.2 Å². The summed E-state index contributed by atoms with van der Waals surface area (Å²) < 4.78 is 4.94. The molecule has 2 rings (SSSR count). The van der Waals surface area contributed by atoms with Crippen molar-refractivity contribution in [2.24, 2.45) is 0 Å². The molecule has 0 fully saturated rings. The van der Waals surface area contributed by atoms with E-state index in [0.29, 0.717) is 6.42 Å². The van der Waals surface area contributed by atoms with Gasteiger partial charge in [-0.3, -0.25) is 0 Å². The molecule has 0 bridgehead atoms. The molecule has 1 aliphatic carbocycles. The molecule has 3 heteroatoms. The van der Waals surface area contributed by atoms with Crippen LogP contribution in [0.1, 0.15) is 17.7 Å². The highest BCUT2D eigenvalue weighted by Crippen LogP contribution is 2.20. The SMILES string of the molecule is OC1CCc2oncc2C1. The van der Waals surface area contributed by atoms with Crippen LogP contribution < -0.4 is 0 Å². The number of nitrogens with zero attached hydrogens (tertiary/aromatic N) is 1. The van der Waals surface area contributed by atoms with Crippen LogP contribution in [0.2, 0.25) is 0 Å². The van der Waals surface area contributed by atoms with Gasteiger partial charge in [0, 0.05) is 18.4 Å². The molecule has 1 atom stereocenters. The van der Waals surface area contributed by atoms with Gasteiger partial charge in [-0.15, -0.1) is 0 Å². The minimum atomic E-state index is -0.188. The Bertz CT molecular complexity index is 231. The molecular weight excluding hydrogens is 130 g/mol. The van der Waals surface area contributed by atoms with Gasteiger partial charge in [0.05, 0.1) is 12.3 Å². The highest BCUT2D eigenvalue weighted by atomic mass is 16.5. The Labute approximate surface area is 58.6 Å². The number of hydrogen-bond donors (Lipinski definition) is 1. The number of aromatic nitrogens is 1. The first-order valence-corrected chi connectivity index (χ1v) is 3.47. The van der Waals surface area contributed by atoms with E-state index in [1.807, 2.05) is 0 Å². The lowest BCUT2D eigenvalue weighted by molar-refractivity contribution is 0.153. The number of aliphatic hydroxyl groups excluding tert-OH is 1. The van der Waals surface area contributed by atoms with Crippen molar-refractivity contribution in [1.82, 2.24) is 5.16 Å². The Balaban J connectivity index is 2.30. The molecule has 0 saturated carbocycles. The van der Waals surface area contributed by atoms with E-state index in [1.54, 1.807) is 6.20 Å². The summed E-state index contributed by atoms with van der Waals surface area (Å²) in [7, 11) is 0. The summed E-state index contributed by atoms with van der Waals surface area (Å²) in [5, 5.41) is 12.9. The molecule has 1 heterocycles. The first-order valence-electron chi connectivity index (χ1n) is 3.47. The molecule has 1 N–H and O–H groups in total. The van der Waals surface area contributed by atoms with Crippen LogP contribution in [0.4, 0.5) is 0 Å². The Morgan fingerprint density at radius 1 is 1.70 bits per heavy atom. The van der Waals surface area contributed by atoms with Gasteiger partial charge in [-0.1, -0.05) is 5.16 Å². The summed E-state index contributed by atoms with van der Waals surface area (Å²) >= 11 is 0. The van der Waals surface area contributed by atoms with Crippen LogP contribution in [0.15, 0.2) is 10.7 Å². The van der Waals surface area contributed by atoms with E-state index in [2.05, 4.69) is 5.16 Å². The molecule has 1 aliphatic rings. The highest BCUT2D eigenvalue weighted by molar-refractivity contribution is 5.17. The van der Waals surface area contributed by atoms with Crippen LogP contribution in [0.3, 0.4) is 0 Å². The lowest BCUT2D eigenvalue weighted by atomic mass is 9.97. The van der Waals surface area contributed by atoms with Crippen molar-refractivity contribution in [3.63, 3.8) is 0 Å². The molecule has 54 valence electrons. The van der Waals surface area contributed by atoms with E-state index in [9.17, 15) is 5.11 Å². The van der Waals surface area contributed by atoms with Gasteiger partial charge in [0.1, 0.15) is 5.76 Å². The van der Waals surface area contributed by atoms with E-state index in [1.165, 1.54) is 0 Å². The van der Waals surface area contributed by atoms with Gasteiger partial charge in [-0.05, 0) is 6.42 Å². The highest BCUT2D eigenvalue weighted by Gasteiger charge is 2.19. The third-order valence-corrected chi connectivity index (χ3v) is 1.89. The van der Waals surface area contributed by atoms with Gasteiger partial charge < -0.3 is 9.63 Å². The Morgan fingerprint density at radius 3 is 3.50 bits per heavy atom. The number of aryl methyl sites for hydroxylation is 1. The zero-order chi connectivity index (χ0) is 6.97. The monoisotopic (exact) mass is 139 g/mol. The Hall–Kier alpha value is -0.830. The molecule has 3 nitrogen and oxygen atoms in total. The minimum Gasteiger partial charge on any atom is -0.393 e. The standard InChI is InChI=1S/C7H9NO2/c9-6-1-2-7-5(3-6)4-8-10-7/h4,6,9H,1-3H2. The fourth-order valence-electron chi connectivity index (χ4n) is 1.31. The average Bonchev–Trinajstić information content (AvgIpc) is 2.33. The molecule has 1 unspecified atom stereocenters. The fraction of sp³-hybridized carbons (Fsp3) is 0.571. The summed E-state index contributed by atoms with van der Waals surface area (Å²) in [4.78, 5) is 0. The maximum atomic E-state index is 9.20. The molecule has 0 aliphatic heterocycles. The van der Waals surface area contributed by atoms with Gasteiger partial charge in [-0.25, -0.2) is 0 Å². The molecule has 10 heavy (non-hydrogen) atoms. The summed E-state index contributed by atoms with van der Waals surface area (Å²) in [5.74, 6) is 0.949. The smallest absolute Gasteiger partial charge is 0.140 e. The first-order chi connectivity index (χ1) is 4.86. The van der Waals surface area contributed by atoms with Crippen LogP contribution in [-0.4, -0.2) is 16.4 Å². The molecular formula is C7H9NO2. The van der Waals surface area contributed by atoms with E-state index < -0.39 is 0 Å². The van der Waals surface area contributed by atoms with Crippen molar-refractivity contribution in [2.75, 3.05) is 0 Å². The van der Waals surface area contributed by atoms with Crippen LogP contribution >= 0.6 is 0 Å². The van der Waals surface area contributed by atoms with Crippen LogP contribution in [0.25, 0.3) is 0 Å². The molecule has 0 radical (unpaired) electrons. The third-order valence-electron chi connectivity index (χ3n) is 1.89. The molecule has 1 aromatic heterocycles. The van der Waals surface area contributed by atoms with Crippen molar-refractivity contribution >= 4 is 0 Å². The second kappa shape index (κ2) is 2.09.